The second-order valence-corrected chi connectivity index (χ2v) is 5.81. The first-order valence-electron chi connectivity index (χ1n) is 7.65. The van der Waals surface area contributed by atoms with Gasteiger partial charge in [-0.1, -0.05) is 18.2 Å². The molecule has 0 unspecified atom stereocenters. The lowest BCUT2D eigenvalue weighted by Gasteiger charge is -2.29. The lowest BCUT2D eigenvalue weighted by Crippen LogP contribution is -2.46. The van der Waals surface area contributed by atoms with Crippen LogP contribution in [0.15, 0.2) is 42.7 Å². The maximum Gasteiger partial charge on any atom is 0.283 e. The monoisotopic (exact) mass is 326 g/mol. The molecule has 1 N–H and O–H groups in total. The number of amides is 2. The van der Waals surface area contributed by atoms with E-state index in [9.17, 15) is 9.59 Å². The summed E-state index contributed by atoms with van der Waals surface area (Å²) in [6.45, 7) is 3.96. The minimum Gasteiger partial charge on any atom is -0.353 e. The van der Waals surface area contributed by atoms with Gasteiger partial charge in [0.2, 0.25) is 0 Å². The summed E-state index contributed by atoms with van der Waals surface area (Å²) in [6.07, 6.45) is 3.46. The Morgan fingerprint density at radius 3 is 2.58 bits per heavy atom. The van der Waals surface area contributed by atoms with E-state index in [1.54, 1.807) is 44.3 Å². The number of nitrogens with one attached hydrogen (secondary N) is 1. The van der Waals surface area contributed by atoms with Crippen molar-refractivity contribution in [3.8, 4) is 0 Å². The molecule has 1 aromatic heterocycles. The zero-order valence-corrected chi connectivity index (χ0v) is 13.5. The lowest BCUT2D eigenvalue weighted by molar-refractivity contribution is -0.140. The Balaban J connectivity index is 1.96. The van der Waals surface area contributed by atoms with Crippen molar-refractivity contribution in [1.82, 2.24) is 15.3 Å². The van der Waals surface area contributed by atoms with Crippen LogP contribution >= 0.6 is 0 Å². The Bertz CT molecular complexity index is 748. The van der Waals surface area contributed by atoms with E-state index in [1.807, 2.05) is 6.07 Å². The molecule has 0 aliphatic carbocycles. The summed E-state index contributed by atoms with van der Waals surface area (Å²) in [5.74, 6) is -0.432. The molecule has 1 aliphatic rings. The van der Waals surface area contributed by atoms with Gasteiger partial charge in [0.15, 0.2) is 11.4 Å². The summed E-state index contributed by atoms with van der Waals surface area (Å²) in [4.78, 5) is 39.1. The summed E-state index contributed by atoms with van der Waals surface area (Å²) in [6, 6.07) is 8.70. The van der Waals surface area contributed by atoms with E-state index >= 15 is 0 Å². The van der Waals surface area contributed by atoms with E-state index in [0.29, 0.717) is 18.5 Å². The summed E-state index contributed by atoms with van der Waals surface area (Å²) in [7, 11) is 0. The predicted molar refractivity (Wildman–Crippen MR) is 87.1 cm³/mol. The summed E-state index contributed by atoms with van der Waals surface area (Å²) in [5.41, 5.74) is 0.0225. The largest absolute Gasteiger partial charge is 0.353 e. The molecule has 2 heterocycles. The third kappa shape index (κ3) is 3.11. The maximum absolute atomic E-state index is 12.9. The minimum absolute atomic E-state index is 0.232. The number of rotatable bonds is 4. The van der Waals surface area contributed by atoms with Gasteiger partial charge in [0.05, 0.1) is 18.1 Å². The molecule has 0 saturated carbocycles. The maximum atomic E-state index is 12.9. The predicted octanol–water partition coefficient (Wildman–Crippen LogP) is 1.64. The van der Waals surface area contributed by atoms with Gasteiger partial charge in [-0.3, -0.25) is 14.6 Å². The number of hydrogen-bond donors (Lipinski definition) is 1. The molecular formula is C17H18N4O3. The number of nitrogens with zero attached hydrogens (tertiary/aromatic N) is 3. The molecule has 124 valence electrons. The third-order valence-electron chi connectivity index (χ3n) is 3.84. The fraction of sp³-hybridized carbons (Fsp3) is 0.294. The van der Waals surface area contributed by atoms with Crippen molar-refractivity contribution in [3.63, 3.8) is 0 Å². The standard InChI is InChI=1S/C17H18N4O3/c1-12-10-20-14(11-19-12)21(15(22)13-6-4-3-5-7-13)24-17(2)8-9-18-16(17)23/h3-7,10-11H,8-9H2,1-2H3,(H,18,23)/t17-/m0/s1. The van der Waals surface area contributed by atoms with E-state index in [0.717, 1.165) is 10.8 Å². The minimum atomic E-state index is -1.13. The first kappa shape index (κ1) is 16.1. The Labute approximate surface area is 139 Å². The smallest absolute Gasteiger partial charge is 0.283 e. The van der Waals surface area contributed by atoms with Crippen molar-refractivity contribution in [2.45, 2.75) is 25.9 Å². The van der Waals surface area contributed by atoms with Gasteiger partial charge in [-0.15, -0.1) is 0 Å². The van der Waals surface area contributed by atoms with Crippen LogP contribution in [0.2, 0.25) is 0 Å². The molecule has 3 rings (SSSR count). The van der Waals surface area contributed by atoms with Crippen LogP contribution in [0.3, 0.4) is 0 Å². The van der Waals surface area contributed by atoms with E-state index in [4.69, 9.17) is 4.84 Å². The number of carbonyl (C=O) groups is 2. The second kappa shape index (κ2) is 6.37. The number of anilines is 1. The molecule has 1 aromatic carbocycles. The highest BCUT2D eigenvalue weighted by atomic mass is 16.7. The highest BCUT2D eigenvalue weighted by Crippen LogP contribution is 2.26. The highest BCUT2D eigenvalue weighted by Gasteiger charge is 2.43. The third-order valence-corrected chi connectivity index (χ3v) is 3.84. The van der Waals surface area contributed by atoms with Crippen molar-refractivity contribution in [3.05, 3.63) is 54.0 Å². The van der Waals surface area contributed by atoms with Gasteiger partial charge >= 0.3 is 0 Å². The molecule has 0 spiro atoms. The molecule has 1 saturated heterocycles. The molecule has 24 heavy (non-hydrogen) atoms. The number of benzene rings is 1. The first-order valence-corrected chi connectivity index (χ1v) is 7.65. The molecule has 7 nitrogen and oxygen atoms in total. The Morgan fingerprint density at radius 2 is 2.00 bits per heavy atom. The number of aromatic nitrogens is 2. The highest BCUT2D eigenvalue weighted by molar-refractivity contribution is 6.04. The first-order chi connectivity index (χ1) is 11.5. The molecule has 0 radical (unpaired) electrons. The fourth-order valence-electron chi connectivity index (χ4n) is 2.38. The van der Waals surface area contributed by atoms with E-state index in [2.05, 4.69) is 15.3 Å². The molecule has 1 fully saturated rings. The number of hydrogen-bond acceptors (Lipinski definition) is 5. The molecular weight excluding hydrogens is 308 g/mol. The van der Waals surface area contributed by atoms with Gasteiger partial charge in [0.1, 0.15) is 0 Å². The molecule has 0 bridgehead atoms. The van der Waals surface area contributed by atoms with Gasteiger partial charge in [0, 0.05) is 18.5 Å². The van der Waals surface area contributed by atoms with Crippen LogP contribution in [0.1, 0.15) is 29.4 Å². The molecule has 1 atom stereocenters. The second-order valence-electron chi connectivity index (χ2n) is 5.81. The summed E-state index contributed by atoms with van der Waals surface area (Å²) >= 11 is 0. The van der Waals surface area contributed by atoms with Gasteiger partial charge in [-0.25, -0.2) is 9.82 Å². The van der Waals surface area contributed by atoms with Gasteiger partial charge < -0.3 is 5.32 Å². The van der Waals surface area contributed by atoms with Crippen molar-refractivity contribution in [1.29, 1.82) is 0 Å². The van der Waals surface area contributed by atoms with Crippen LogP contribution in [-0.4, -0.2) is 33.9 Å². The van der Waals surface area contributed by atoms with Gasteiger partial charge in [-0.2, -0.15) is 5.06 Å². The molecule has 7 heteroatoms. The Morgan fingerprint density at radius 1 is 1.25 bits per heavy atom. The van der Waals surface area contributed by atoms with Crippen LogP contribution < -0.4 is 10.4 Å². The fourth-order valence-corrected chi connectivity index (χ4v) is 2.38. The van der Waals surface area contributed by atoms with E-state index in [-0.39, 0.29) is 11.7 Å². The van der Waals surface area contributed by atoms with Gasteiger partial charge in [0.25, 0.3) is 11.8 Å². The topological polar surface area (TPSA) is 84.4 Å². The van der Waals surface area contributed by atoms with Crippen LogP contribution in [0, 0.1) is 6.92 Å². The van der Waals surface area contributed by atoms with E-state index in [1.165, 1.54) is 6.20 Å². The molecule has 2 amide bonds. The lowest BCUT2D eigenvalue weighted by atomic mass is 10.1. The van der Waals surface area contributed by atoms with Crippen molar-refractivity contribution >= 4 is 17.6 Å². The Kier molecular flexibility index (Phi) is 4.26. The normalized spacial score (nSPS) is 19.8. The van der Waals surface area contributed by atoms with Crippen LogP contribution in [0.25, 0.3) is 0 Å². The average Bonchev–Trinajstić information content (AvgIpc) is 2.93. The van der Waals surface area contributed by atoms with E-state index < -0.39 is 11.5 Å². The number of hydroxylamine groups is 1. The zero-order valence-electron chi connectivity index (χ0n) is 13.5. The van der Waals surface area contributed by atoms with Crippen molar-refractivity contribution in [2.24, 2.45) is 0 Å². The average molecular weight is 326 g/mol. The summed E-state index contributed by atoms with van der Waals surface area (Å²) < 4.78 is 0. The Hall–Kier alpha value is -2.80. The molecule has 2 aromatic rings. The SMILES string of the molecule is Cc1cnc(N(O[C@@]2(C)CCNC2=O)C(=O)c2ccccc2)cn1. The van der Waals surface area contributed by atoms with Crippen LogP contribution in [0.5, 0.6) is 0 Å². The van der Waals surface area contributed by atoms with Gasteiger partial charge in [-0.05, 0) is 26.0 Å². The quantitative estimate of drug-likeness (QED) is 0.864. The van der Waals surface area contributed by atoms with Crippen LogP contribution in [0.4, 0.5) is 5.82 Å². The van der Waals surface area contributed by atoms with Crippen LogP contribution in [-0.2, 0) is 9.63 Å². The van der Waals surface area contributed by atoms with Crippen molar-refractivity contribution < 1.29 is 14.4 Å². The summed E-state index contributed by atoms with van der Waals surface area (Å²) in [5, 5.41) is 3.77. The molecule has 1 aliphatic heterocycles. The van der Waals surface area contributed by atoms with Crippen molar-refractivity contribution in [2.75, 3.05) is 11.6 Å². The number of carbonyl (C=O) groups excluding carboxylic acids is 2. The zero-order chi connectivity index (χ0) is 17.2. The number of aryl methyl sites for hydroxylation is 1.